The predicted octanol–water partition coefficient (Wildman–Crippen LogP) is 2.91. The SMILES string of the molecule is Cn1cccc1C(=O)N1CCN(c2ccc(C(F)(F)F)cc2[N+](=O)[O-])CC1. The van der Waals surface area contributed by atoms with Crippen molar-refractivity contribution >= 4 is 17.3 Å². The maximum atomic E-state index is 12.8. The van der Waals surface area contributed by atoms with E-state index in [-0.39, 0.29) is 11.6 Å². The first-order valence-corrected chi connectivity index (χ1v) is 8.19. The van der Waals surface area contributed by atoms with E-state index in [1.807, 2.05) is 0 Å². The Kier molecular flexibility index (Phi) is 4.81. The molecule has 0 bridgehead atoms. The summed E-state index contributed by atoms with van der Waals surface area (Å²) in [5, 5.41) is 11.3. The van der Waals surface area contributed by atoms with Crippen LogP contribution in [-0.2, 0) is 13.2 Å². The zero-order valence-corrected chi connectivity index (χ0v) is 14.4. The fourth-order valence-electron chi connectivity index (χ4n) is 3.11. The molecule has 27 heavy (non-hydrogen) atoms. The van der Waals surface area contributed by atoms with E-state index in [9.17, 15) is 28.1 Å². The molecule has 7 nitrogen and oxygen atoms in total. The van der Waals surface area contributed by atoms with Gasteiger partial charge in [-0.15, -0.1) is 0 Å². The van der Waals surface area contributed by atoms with Crippen LogP contribution in [0.5, 0.6) is 0 Å². The van der Waals surface area contributed by atoms with Crippen molar-refractivity contribution < 1.29 is 22.9 Å². The Hall–Kier alpha value is -3.04. The van der Waals surface area contributed by atoms with E-state index >= 15 is 0 Å². The van der Waals surface area contributed by atoms with Crippen molar-refractivity contribution in [1.82, 2.24) is 9.47 Å². The van der Waals surface area contributed by atoms with Crippen molar-refractivity contribution in [2.24, 2.45) is 7.05 Å². The lowest BCUT2D eigenvalue weighted by Crippen LogP contribution is -2.49. The number of nitro benzene ring substituents is 1. The van der Waals surface area contributed by atoms with Gasteiger partial charge in [-0.2, -0.15) is 13.2 Å². The van der Waals surface area contributed by atoms with E-state index < -0.39 is 22.4 Å². The summed E-state index contributed by atoms with van der Waals surface area (Å²) in [6.45, 7) is 1.23. The summed E-state index contributed by atoms with van der Waals surface area (Å²) in [4.78, 5) is 26.2. The fourth-order valence-corrected chi connectivity index (χ4v) is 3.11. The quantitative estimate of drug-likeness (QED) is 0.605. The van der Waals surface area contributed by atoms with Gasteiger partial charge in [0.1, 0.15) is 11.4 Å². The van der Waals surface area contributed by atoms with Gasteiger partial charge in [0.2, 0.25) is 0 Å². The molecule has 1 amide bonds. The molecule has 3 rings (SSSR count). The van der Waals surface area contributed by atoms with Crippen molar-refractivity contribution in [2.45, 2.75) is 6.18 Å². The number of carbonyl (C=O) groups is 1. The first-order valence-electron chi connectivity index (χ1n) is 8.19. The number of carbonyl (C=O) groups excluding carboxylic acids is 1. The maximum absolute atomic E-state index is 12.8. The number of halogens is 3. The van der Waals surface area contributed by atoms with Gasteiger partial charge in [0.05, 0.1) is 10.5 Å². The molecule has 1 aliphatic rings. The molecular formula is C17H17F3N4O3. The highest BCUT2D eigenvalue weighted by Crippen LogP contribution is 2.36. The van der Waals surface area contributed by atoms with Crippen LogP contribution in [0.2, 0.25) is 0 Å². The maximum Gasteiger partial charge on any atom is 0.416 e. The van der Waals surface area contributed by atoms with E-state index in [1.165, 1.54) is 0 Å². The third kappa shape index (κ3) is 3.74. The van der Waals surface area contributed by atoms with Crippen LogP contribution in [0.1, 0.15) is 16.1 Å². The van der Waals surface area contributed by atoms with Gasteiger partial charge in [-0.1, -0.05) is 0 Å². The smallest absolute Gasteiger partial charge is 0.362 e. The summed E-state index contributed by atoms with van der Waals surface area (Å²) in [7, 11) is 1.76. The number of benzene rings is 1. The number of rotatable bonds is 3. The van der Waals surface area contributed by atoms with E-state index in [0.717, 1.165) is 12.1 Å². The zero-order chi connectivity index (χ0) is 19.8. The van der Waals surface area contributed by atoms with Crippen LogP contribution in [0.3, 0.4) is 0 Å². The second-order valence-corrected chi connectivity index (χ2v) is 6.24. The van der Waals surface area contributed by atoms with Crippen LogP contribution in [0.15, 0.2) is 36.5 Å². The molecule has 144 valence electrons. The number of anilines is 1. The number of hydrogen-bond acceptors (Lipinski definition) is 4. The lowest BCUT2D eigenvalue weighted by atomic mass is 10.1. The van der Waals surface area contributed by atoms with Crippen LogP contribution in [0.4, 0.5) is 24.5 Å². The Morgan fingerprint density at radius 3 is 2.33 bits per heavy atom. The van der Waals surface area contributed by atoms with Crippen molar-refractivity contribution in [3.63, 3.8) is 0 Å². The molecule has 0 unspecified atom stereocenters. The van der Waals surface area contributed by atoms with Crippen LogP contribution < -0.4 is 4.90 Å². The van der Waals surface area contributed by atoms with Crippen molar-refractivity contribution in [3.05, 3.63) is 57.9 Å². The molecule has 0 atom stereocenters. The number of piperazine rings is 1. The Bertz CT molecular complexity index is 871. The van der Waals surface area contributed by atoms with Gasteiger partial charge in [0, 0.05) is 45.5 Å². The highest BCUT2D eigenvalue weighted by molar-refractivity contribution is 5.93. The van der Waals surface area contributed by atoms with Crippen molar-refractivity contribution in [3.8, 4) is 0 Å². The highest BCUT2D eigenvalue weighted by Gasteiger charge is 2.34. The van der Waals surface area contributed by atoms with Crippen LogP contribution in [0, 0.1) is 10.1 Å². The van der Waals surface area contributed by atoms with Gasteiger partial charge in [-0.3, -0.25) is 14.9 Å². The molecule has 1 aromatic heterocycles. The fraction of sp³-hybridized carbons (Fsp3) is 0.353. The van der Waals surface area contributed by atoms with Gasteiger partial charge in [0.25, 0.3) is 11.6 Å². The van der Waals surface area contributed by atoms with E-state index in [4.69, 9.17) is 0 Å². The van der Waals surface area contributed by atoms with E-state index in [2.05, 4.69) is 0 Å². The minimum absolute atomic E-state index is 0.124. The molecule has 2 aromatic rings. The average Bonchev–Trinajstić information content (AvgIpc) is 3.06. The van der Waals surface area contributed by atoms with Crippen LogP contribution in [-0.4, -0.2) is 46.5 Å². The number of nitro groups is 1. The molecule has 0 saturated carbocycles. The van der Waals surface area contributed by atoms with Gasteiger partial charge in [-0.25, -0.2) is 0 Å². The normalized spacial score (nSPS) is 15.1. The highest BCUT2D eigenvalue weighted by atomic mass is 19.4. The van der Waals surface area contributed by atoms with Crippen molar-refractivity contribution in [2.75, 3.05) is 31.1 Å². The van der Waals surface area contributed by atoms with Gasteiger partial charge in [-0.05, 0) is 24.3 Å². The molecule has 0 N–H and O–H groups in total. The van der Waals surface area contributed by atoms with Crippen LogP contribution in [0.25, 0.3) is 0 Å². The van der Waals surface area contributed by atoms with E-state index in [0.29, 0.717) is 37.9 Å². The predicted molar refractivity (Wildman–Crippen MR) is 91.6 cm³/mol. The lowest BCUT2D eigenvalue weighted by molar-refractivity contribution is -0.384. The second kappa shape index (κ2) is 6.93. The van der Waals surface area contributed by atoms with Crippen LogP contribution >= 0.6 is 0 Å². The number of aryl methyl sites for hydroxylation is 1. The molecule has 1 aromatic carbocycles. The number of amides is 1. The zero-order valence-electron chi connectivity index (χ0n) is 14.4. The Labute approximate surface area is 152 Å². The molecule has 10 heteroatoms. The second-order valence-electron chi connectivity index (χ2n) is 6.24. The molecule has 0 aliphatic carbocycles. The topological polar surface area (TPSA) is 71.6 Å². The summed E-state index contributed by atoms with van der Waals surface area (Å²) < 4.78 is 40.2. The van der Waals surface area contributed by atoms with Crippen molar-refractivity contribution in [1.29, 1.82) is 0 Å². The number of hydrogen-bond donors (Lipinski definition) is 0. The molecule has 2 heterocycles. The molecule has 1 fully saturated rings. The van der Waals surface area contributed by atoms with Gasteiger partial charge >= 0.3 is 6.18 Å². The summed E-state index contributed by atoms with van der Waals surface area (Å²) in [6, 6.07) is 5.97. The molecular weight excluding hydrogens is 365 g/mol. The standard InChI is InChI=1S/C17H17F3N4O3/c1-21-6-2-3-14(21)16(25)23-9-7-22(8-10-23)13-5-4-12(17(18,19)20)11-15(13)24(26)27/h2-6,11H,7-10H2,1H3. The molecule has 0 radical (unpaired) electrons. The Balaban J connectivity index is 1.77. The average molecular weight is 382 g/mol. The molecule has 0 spiro atoms. The Morgan fingerprint density at radius 1 is 1.15 bits per heavy atom. The monoisotopic (exact) mass is 382 g/mol. The Morgan fingerprint density at radius 2 is 1.81 bits per heavy atom. The van der Waals surface area contributed by atoms with Gasteiger partial charge < -0.3 is 14.4 Å². The number of alkyl halides is 3. The summed E-state index contributed by atoms with van der Waals surface area (Å²) in [6.07, 6.45) is -2.89. The molecule has 1 saturated heterocycles. The lowest BCUT2D eigenvalue weighted by Gasteiger charge is -2.35. The van der Waals surface area contributed by atoms with Gasteiger partial charge in [0.15, 0.2) is 0 Å². The summed E-state index contributed by atoms with van der Waals surface area (Å²) in [5.41, 5.74) is -0.995. The molecule has 1 aliphatic heterocycles. The number of nitrogens with zero attached hydrogens (tertiary/aromatic N) is 4. The summed E-state index contributed by atoms with van der Waals surface area (Å²) >= 11 is 0. The minimum Gasteiger partial charge on any atom is -0.362 e. The third-order valence-corrected chi connectivity index (χ3v) is 4.57. The van der Waals surface area contributed by atoms with E-state index in [1.54, 1.807) is 39.7 Å². The third-order valence-electron chi connectivity index (χ3n) is 4.57. The number of aromatic nitrogens is 1. The minimum atomic E-state index is -4.65. The first-order chi connectivity index (χ1) is 12.7. The summed E-state index contributed by atoms with van der Waals surface area (Å²) in [5.74, 6) is -0.149. The first kappa shape index (κ1) is 18.7. The largest absolute Gasteiger partial charge is 0.416 e.